The molecule has 0 radical (unpaired) electrons. The van der Waals surface area contributed by atoms with E-state index in [0.29, 0.717) is 16.9 Å². The van der Waals surface area contributed by atoms with Crippen LogP contribution >= 0.6 is 23.8 Å². The van der Waals surface area contributed by atoms with Gasteiger partial charge in [0.05, 0.1) is 16.1 Å². The maximum Gasteiger partial charge on any atom is 0.178 e. The molecule has 0 spiro atoms. The number of halogens is 2. The molecule has 4 rings (SSSR count). The number of H-pyrrole nitrogens is 1. The van der Waals surface area contributed by atoms with Crippen molar-refractivity contribution in [2.24, 2.45) is 0 Å². The second-order valence-corrected chi connectivity index (χ2v) is 6.89. The Morgan fingerprint density at radius 2 is 2.10 bits per heavy atom. The molecule has 2 fully saturated rings. The molecular weight excluding hydrogens is 309 g/mol. The van der Waals surface area contributed by atoms with E-state index in [1.54, 1.807) is 6.07 Å². The molecule has 112 valence electrons. The van der Waals surface area contributed by atoms with Crippen LogP contribution in [0.4, 0.5) is 4.39 Å². The van der Waals surface area contributed by atoms with Crippen LogP contribution in [0.25, 0.3) is 11.0 Å². The van der Waals surface area contributed by atoms with Crippen LogP contribution in [-0.4, -0.2) is 33.6 Å². The molecular formula is C15H17ClFN3S. The summed E-state index contributed by atoms with van der Waals surface area (Å²) in [7, 11) is 0. The van der Waals surface area contributed by atoms with E-state index in [0.717, 1.165) is 30.4 Å². The van der Waals surface area contributed by atoms with E-state index in [9.17, 15) is 4.39 Å². The minimum Gasteiger partial charge on any atom is -0.330 e. The first-order valence-corrected chi connectivity index (χ1v) is 8.25. The van der Waals surface area contributed by atoms with Gasteiger partial charge in [0, 0.05) is 24.7 Å². The highest BCUT2D eigenvalue weighted by Crippen LogP contribution is 2.35. The number of imidazole rings is 1. The number of benzene rings is 1. The fourth-order valence-corrected chi connectivity index (χ4v) is 4.44. The van der Waals surface area contributed by atoms with E-state index >= 15 is 0 Å². The topological polar surface area (TPSA) is 24.0 Å². The molecule has 2 aliphatic heterocycles. The Morgan fingerprint density at radius 3 is 2.95 bits per heavy atom. The largest absolute Gasteiger partial charge is 0.330 e. The van der Waals surface area contributed by atoms with Gasteiger partial charge in [-0.2, -0.15) is 0 Å². The van der Waals surface area contributed by atoms with Crippen molar-refractivity contribution in [1.29, 1.82) is 0 Å². The third-order valence-electron chi connectivity index (χ3n) is 4.92. The molecule has 6 heteroatoms. The number of nitrogens with one attached hydrogen (secondary N) is 1. The highest BCUT2D eigenvalue weighted by Gasteiger charge is 2.33. The molecule has 2 aromatic rings. The molecule has 0 amide bonds. The Kier molecular flexibility index (Phi) is 3.32. The lowest BCUT2D eigenvalue weighted by atomic mass is 9.97. The molecule has 3 nitrogen and oxygen atoms in total. The normalized spacial score (nSPS) is 26.4. The van der Waals surface area contributed by atoms with E-state index in [-0.39, 0.29) is 5.02 Å². The zero-order chi connectivity index (χ0) is 14.6. The molecule has 0 bridgehead atoms. The molecule has 2 unspecified atom stereocenters. The highest BCUT2D eigenvalue weighted by atomic mass is 35.5. The average Bonchev–Trinajstić information content (AvgIpc) is 3.02. The summed E-state index contributed by atoms with van der Waals surface area (Å²) in [4.78, 5) is 5.70. The first-order valence-electron chi connectivity index (χ1n) is 7.47. The van der Waals surface area contributed by atoms with Crippen molar-refractivity contribution in [3.63, 3.8) is 0 Å². The van der Waals surface area contributed by atoms with Gasteiger partial charge in [0.15, 0.2) is 4.77 Å². The van der Waals surface area contributed by atoms with Crippen molar-refractivity contribution in [2.45, 2.75) is 37.8 Å². The Balaban J connectivity index is 1.77. The lowest BCUT2D eigenvalue weighted by Gasteiger charge is -2.35. The van der Waals surface area contributed by atoms with Crippen LogP contribution in [0, 0.1) is 10.6 Å². The second-order valence-electron chi connectivity index (χ2n) is 6.09. The van der Waals surface area contributed by atoms with Crippen molar-refractivity contribution < 1.29 is 4.39 Å². The molecule has 2 saturated heterocycles. The number of piperidine rings is 1. The Morgan fingerprint density at radius 1 is 1.24 bits per heavy atom. The van der Waals surface area contributed by atoms with Crippen LogP contribution in [0.5, 0.6) is 0 Å². The first kappa shape index (κ1) is 13.7. The predicted octanol–water partition coefficient (Wildman–Crippen LogP) is 4.29. The van der Waals surface area contributed by atoms with Gasteiger partial charge in [0.2, 0.25) is 0 Å². The van der Waals surface area contributed by atoms with E-state index < -0.39 is 5.82 Å². The molecule has 0 aliphatic carbocycles. The van der Waals surface area contributed by atoms with Gasteiger partial charge in [-0.15, -0.1) is 0 Å². The van der Waals surface area contributed by atoms with Gasteiger partial charge < -0.3 is 14.5 Å². The lowest BCUT2D eigenvalue weighted by Crippen LogP contribution is -2.38. The minimum atomic E-state index is -0.404. The molecule has 3 heterocycles. The molecule has 1 aromatic carbocycles. The zero-order valence-electron chi connectivity index (χ0n) is 11.6. The van der Waals surface area contributed by atoms with E-state index in [1.807, 2.05) is 0 Å². The molecule has 2 atom stereocenters. The van der Waals surface area contributed by atoms with Crippen LogP contribution in [0.2, 0.25) is 5.02 Å². The predicted molar refractivity (Wildman–Crippen MR) is 85.0 cm³/mol. The summed E-state index contributed by atoms with van der Waals surface area (Å²) in [5.74, 6) is -0.404. The molecule has 1 N–H and O–H groups in total. The third kappa shape index (κ3) is 2.22. The number of aromatic nitrogens is 2. The average molecular weight is 326 g/mol. The summed E-state index contributed by atoms with van der Waals surface area (Å²) in [6, 6.07) is 4.19. The zero-order valence-corrected chi connectivity index (χ0v) is 13.2. The van der Waals surface area contributed by atoms with Gasteiger partial charge in [-0.1, -0.05) is 11.6 Å². The van der Waals surface area contributed by atoms with Crippen LogP contribution in [0.15, 0.2) is 12.1 Å². The monoisotopic (exact) mass is 325 g/mol. The second kappa shape index (κ2) is 5.07. The third-order valence-corrected chi connectivity index (χ3v) is 5.50. The van der Waals surface area contributed by atoms with Gasteiger partial charge in [-0.3, -0.25) is 0 Å². The van der Waals surface area contributed by atoms with Gasteiger partial charge in [0.1, 0.15) is 5.82 Å². The van der Waals surface area contributed by atoms with Crippen molar-refractivity contribution >= 4 is 34.9 Å². The number of nitrogens with zero attached hydrogens (tertiary/aromatic N) is 2. The van der Waals surface area contributed by atoms with Crippen LogP contribution in [-0.2, 0) is 0 Å². The Bertz CT molecular complexity index is 753. The van der Waals surface area contributed by atoms with E-state index in [2.05, 4.69) is 14.5 Å². The maximum absolute atomic E-state index is 13.6. The van der Waals surface area contributed by atoms with Crippen molar-refractivity contribution in [1.82, 2.24) is 14.5 Å². The van der Waals surface area contributed by atoms with Gasteiger partial charge >= 0.3 is 0 Å². The number of hydrogen-bond donors (Lipinski definition) is 1. The van der Waals surface area contributed by atoms with Gasteiger partial charge in [-0.25, -0.2) is 4.39 Å². The summed E-state index contributed by atoms with van der Waals surface area (Å²) in [6.07, 6.45) is 4.79. The van der Waals surface area contributed by atoms with Crippen LogP contribution in [0.1, 0.15) is 31.7 Å². The summed E-state index contributed by atoms with van der Waals surface area (Å²) in [5, 5.41) is 0.156. The number of fused-ring (bicyclic) bond motifs is 2. The molecule has 21 heavy (non-hydrogen) atoms. The summed E-state index contributed by atoms with van der Waals surface area (Å²) in [6.45, 7) is 2.35. The highest BCUT2D eigenvalue weighted by molar-refractivity contribution is 7.71. The summed E-state index contributed by atoms with van der Waals surface area (Å²) >= 11 is 11.4. The van der Waals surface area contributed by atoms with E-state index in [4.69, 9.17) is 23.8 Å². The number of hydrogen-bond acceptors (Lipinski definition) is 2. The van der Waals surface area contributed by atoms with Gasteiger partial charge in [-0.05, 0) is 50.5 Å². The molecule has 0 saturated carbocycles. The number of rotatable bonds is 1. The molecule has 2 aliphatic rings. The fraction of sp³-hybridized carbons (Fsp3) is 0.533. The lowest BCUT2D eigenvalue weighted by molar-refractivity contribution is 0.156. The maximum atomic E-state index is 13.6. The van der Waals surface area contributed by atoms with Crippen LogP contribution < -0.4 is 0 Å². The standard InChI is InChI=1S/C15H17ClFN3S/c16-11-7-14-13(8-12(11)17)18-15(21)20(14)10-3-5-19-4-1-2-9(19)6-10/h7-10H,1-6H2,(H,18,21). The quantitative estimate of drug-likeness (QED) is 0.791. The van der Waals surface area contributed by atoms with Crippen molar-refractivity contribution in [2.75, 3.05) is 13.1 Å². The van der Waals surface area contributed by atoms with Crippen molar-refractivity contribution in [3.05, 3.63) is 27.7 Å². The Labute approximate surface area is 132 Å². The summed E-state index contributed by atoms with van der Waals surface area (Å²) in [5.41, 5.74) is 1.65. The smallest absolute Gasteiger partial charge is 0.178 e. The fourth-order valence-electron chi connectivity index (χ4n) is 3.92. The van der Waals surface area contributed by atoms with E-state index in [1.165, 1.54) is 25.5 Å². The van der Waals surface area contributed by atoms with Crippen molar-refractivity contribution in [3.8, 4) is 0 Å². The van der Waals surface area contributed by atoms with Crippen LogP contribution in [0.3, 0.4) is 0 Å². The van der Waals surface area contributed by atoms with Gasteiger partial charge in [0.25, 0.3) is 0 Å². The SMILES string of the molecule is Fc1cc2[nH]c(=S)n(C3CCN4CCCC4C3)c2cc1Cl. The first-order chi connectivity index (χ1) is 10.1. The molecule has 1 aromatic heterocycles. The Hall–Kier alpha value is -0.910. The minimum absolute atomic E-state index is 0.156. The summed E-state index contributed by atoms with van der Waals surface area (Å²) < 4.78 is 16.4. The number of aromatic amines is 1.